The molecule has 4 nitrogen and oxygen atoms in total. The zero-order valence-corrected chi connectivity index (χ0v) is 20.3. The van der Waals surface area contributed by atoms with Crippen LogP contribution < -0.4 is 0 Å². The quantitative estimate of drug-likeness (QED) is 0.261. The second-order valence-electron chi connectivity index (χ2n) is 8.63. The molecule has 5 heteroatoms. The van der Waals surface area contributed by atoms with Crippen molar-refractivity contribution in [3.63, 3.8) is 0 Å². The van der Waals surface area contributed by atoms with E-state index in [0.717, 1.165) is 38.9 Å². The maximum absolute atomic E-state index is 11.7. The van der Waals surface area contributed by atoms with E-state index in [4.69, 9.17) is 11.6 Å². The van der Waals surface area contributed by atoms with Gasteiger partial charge in [-0.15, -0.1) is 0 Å². The summed E-state index contributed by atoms with van der Waals surface area (Å²) in [4.78, 5) is 16.3. The zero-order valence-electron chi connectivity index (χ0n) is 19.6. The summed E-state index contributed by atoms with van der Waals surface area (Å²) < 4.78 is 0. The van der Waals surface area contributed by atoms with Crippen LogP contribution in [0, 0.1) is 0 Å². The molecule has 0 radical (unpaired) electrons. The van der Waals surface area contributed by atoms with Crippen LogP contribution in [-0.2, 0) is 11.2 Å². The van der Waals surface area contributed by atoms with Gasteiger partial charge < -0.3 is 10.2 Å². The molecular weight excluding hydrogens is 458 g/mol. The van der Waals surface area contributed by atoms with Gasteiger partial charge in [-0.25, -0.2) is 4.98 Å². The van der Waals surface area contributed by atoms with Gasteiger partial charge >= 0.3 is 5.97 Å². The van der Waals surface area contributed by atoms with Crippen LogP contribution in [0.25, 0.3) is 23.1 Å². The Morgan fingerprint density at radius 3 is 2.60 bits per heavy atom. The van der Waals surface area contributed by atoms with Crippen LogP contribution in [0.5, 0.6) is 0 Å². The maximum Gasteiger partial charge on any atom is 0.310 e. The SMILES string of the molecule is CCC(C(=O)O)c1ccccc1CC[C@@H](O)c1cccc(C=Cc2ccc3ccc(Cl)cc3n2)c1. The molecule has 35 heavy (non-hydrogen) atoms. The number of aliphatic hydroxyl groups excluding tert-OH is 1. The number of rotatable bonds is 9. The second kappa shape index (κ2) is 11.3. The van der Waals surface area contributed by atoms with E-state index in [1.54, 1.807) is 0 Å². The molecule has 4 aromatic rings. The monoisotopic (exact) mass is 485 g/mol. The van der Waals surface area contributed by atoms with E-state index in [1.165, 1.54) is 0 Å². The number of nitrogens with zero attached hydrogens (tertiary/aromatic N) is 1. The number of halogens is 1. The fourth-order valence-corrected chi connectivity index (χ4v) is 4.51. The van der Waals surface area contributed by atoms with Gasteiger partial charge in [0.25, 0.3) is 0 Å². The summed E-state index contributed by atoms with van der Waals surface area (Å²) >= 11 is 6.09. The number of aromatic nitrogens is 1. The van der Waals surface area contributed by atoms with Gasteiger partial charge in [0.2, 0.25) is 0 Å². The lowest BCUT2D eigenvalue weighted by atomic mass is 9.89. The number of hydrogen-bond acceptors (Lipinski definition) is 3. The molecule has 0 aliphatic rings. The molecule has 0 amide bonds. The van der Waals surface area contributed by atoms with Gasteiger partial charge in [0.05, 0.1) is 23.2 Å². The predicted octanol–water partition coefficient (Wildman–Crippen LogP) is 7.30. The lowest BCUT2D eigenvalue weighted by Crippen LogP contribution is -2.13. The van der Waals surface area contributed by atoms with E-state index in [-0.39, 0.29) is 0 Å². The molecule has 0 aliphatic heterocycles. The van der Waals surface area contributed by atoms with E-state index in [2.05, 4.69) is 4.98 Å². The van der Waals surface area contributed by atoms with Gasteiger partial charge in [-0.1, -0.05) is 79.2 Å². The molecule has 0 saturated carbocycles. The minimum absolute atomic E-state index is 0.507. The Kier molecular flexibility index (Phi) is 7.96. The van der Waals surface area contributed by atoms with Crippen molar-refractivity contribution in [2.45, 2.75) is 38.2 Å². The van der Waals surface area contributed by atoms with E-state index in [1.807, 2.05) is 97.9 Å². The molecule has 2 atom stereocenters. The van der Waals surface area contributed by atoms with Gasteiger partial charge in [0.1, 0.15) is 0 Å². The number of pyridine rings is 1. The van der Waals surface area contributed by atoms with Crippen molar-refractivity contribution in [1.29, 1.82) is 0 Å². The number of carboxylic acid groups (broad SMARTS) is 1. The Hall–Kier alpha value is -3.47. The van der Waals surface area contributed by atoms with E-state index in [0.29, 0.717) is 24.3 Å². The predicted molar refractivity (Wildman–Crippen MR) is 143 cm³/mol. The summed E-state index contributed by atoms with van der Waals surface area (Å²) in [5.74, 6) is -1.35. The average molecular weight is 486 g/mol. The van der Waals surface area contributed by atoms with Crippen LogP contribution in [0.3, 0.4) is 0 Å². The average Bonchev–Trinajstić information content (AvgIpc) is 2.86. The van der Waals surface area contributed by atoms with Crippen molar-refractivity contribution < 1.29 is 15.0 Å². The highest BCUT2D eigenvalue weighted by molar-refractivity contribution is 6.31. The van der Waals surface area contributed by atoms with Crippen molar-refractivity contribution in [3.05, 3.63) is 112 Å². The summed E-state index contributed by atoms with van der Waals surface area (Å²) in [6.45, 7) is 1.88. The number of aliphatic hydroxyl groups is 1. The van der Waals surface area contributed by atoms with Crippen molar-refractivity contribution in [2.75, 3.05) is 0 Å². The summed E-state index contributed by atoms with van der Waals surface area (Å²) in [6, 6.07) is 25.0. The van der Waals surface area contributed by atoms with Crippen LogP contribution >= 0.6 is 11.6 Å². The molecule has 2 N–H and O–H groups in total. The number of benzene rings is 3. The number of aryl methyl sites for hydroxylation is 1. The highest BCUT2D eigenvalue weighted by atomic mass is 35.5. The van der Waals surface area contributed by atoms with Crippen molar-refractivity contribution in [3.8, 4) is 0 Å². The maximum atomic E-state index is 11.7. The summed E-state index contributed by atoms with van der Waals surface area (Å²) in [7, 11) is 0. The Morgan fingerprint density at radius 2 is 1.80 bits per heavy atom. The number of fused-ring (bicyclic) bond motifs is 1. The molecule has 1 heterocycles. The first-order valence-electron chi connectivity index (χ1n) is 11.8. The minimum atomic E-state index is -0.816. The number of carboxylic acids is 1. The van der Waals surface area contributed by atoms with Crippen LogP contribution in [0.4, 0.5) is 0 Å². The molecule has 0 saturated heterocycles. The third kappa shape index (κ3) is 6.16. The summed E-state index contributed by atoms with van der Waals surface area (Å²) in [5.41, 5.74) is 5.26. The molecule has 3 aromatic carbocycles. The molecule has 0 aliphatic carbocycles. The number of hydrogen-bond donors (Lipinski definition) is 2. The van der Waals surface area contributed by atoms with E-state index >= 15 is 0 Å². The fraction of sp³-hybridized carbons (Fsp3) is 0.200. The normalized spacial score (nSPS) is 13.2. The molecule has 0 bridgehead atoms. The van der Waals surface area contributed by atoms with Crippen molar-refractivity contribution in [1.82, 2.24) is 4.98 Å². The third-order valence-electron chi connectivity index (χ3n) is 6.24. The van der Waals surface area contributed by atoms with Crippen LogP contribution in [0.15, 0.2) is 78.9 Å². The molecule has 1 unspecified atom stereocenters. The van der Waals surface area contributed by atoms with E-state index in [9.17, 15) is 15.0 Å². The Bertz CT molecular complexity index is 1360. The lowest BCUT2D eigenvalue weighted by Gasteiger charge is -2.17. The molecule has 4 rings (SSSR count). The Labute approximate surface area is 210 Å². The largest absolute Gasteiger partial charge is 0.481 e. The third-order valence-corrected chi connectivity index (χ3v) is 6.48. The smallest absolute Gasteiger partial charge is 0.310 e. The molecule has 178 valence electrons. The highest BCUT2D eigenvalue weighted by Crippen LogP contribution is 2.27. The zero-order chi connectivity index (χ0) is 24.8. The van der Waals surface area contributed by atoms with Gasteiger partial charge in [0, 0.05) is 10.4 Å². The molecule has 0 fully saturated rings. The van der Waals surface area contributed by atoms with Gasteiger partial charge in [-0.05, 0) is 71.9 Å². The van der Waals surface area contributed by atoms with Crippen LogP contribution in [0.2, 0.25) is 5.02 Å². The second-order valence-corrected chi connectivity index (χ2v) is 9.07. The molecule has 0 spiro atoms. The number of carbonyl (C=O) groups is 1. The molecule has 1 aromatic heterocycles. The Morgan fingerprint density at radius 1 is 1.00 bits per heavy atom. The van der Waals surface area contributed by atoms with Crippen LogP contribution in [-0.4, -0.2) is 21.2 Å². The number of aliphatic carboxylic acids is 1. The first-order valence-corrected chi connectivity index (χ1v) is 12.2. The Balaban J connectivity index is 1.46. The first-order chi connectivity index (χ1) is 16.9. The van der Waals surface area contributed by atoms with Crippen molar-refractivity contribution >= 4 is 40.6 Å². The van der Waals surface area contributed by atoms with Gasteiger partial charge in [-0.3, -0.25) is 4.79 Å². The van der Waals surface area contributed by atoms with E-state index < -0.39 is 18.0 Å². The fourth-order valence-electron chi connectivity index (χ4n) is 4.34. The van der Waals surface area contributed by atoms with Gasteiger partial charge in [-0.2, -0.15) is 0 Å². The van der Waals surface area contributed by atoms with Crippen molar-refractivity contribution in [2.24, 2.45) is 0 Å². The highest BCUT2D eigenvalue weighted by Gasteiger charge is 2.20. The summed E-state index contributed by atoms with van der Waals surface area (Å²) in [6.07, 6.45) is 4.91. The standard InChI is InChI=1S/C30H28ClNO3/c1-2-26(30(34)35)27-9-4-3-7-21(27)13-17-29(33)23-8-5-6-20(18-23)10-15-25-16-12-22-11-14-24(31)19-28(22)32-25/h3-12,14-16,18-19,26,29,33H,2,13,17H2,1H3,(H,34,35)/t26?,29-/m1/s1. The van der Waals surface area contributed by atoms with Gasteiger partial charge in [0.15, 0.2) is 0 Å². The minimum Gasteiger partial charge on any atom is -0.481 e. The molecular formula is C30H28ClNO3. The first kappa shape index (κ1) is 24.6. The van der Waals surface area contributed by atoms with Crippen LogP contribution in [0.1, 0.15) is 59.7 Å². The lowest BCUT2D eigenvalue weighted by molar-refractivity contribution is -0.138. The summed E-state index contributed by atoms with van der Waals surface area (Å²) in [5, 5.41) is 22.1. The topological polar surface area (TPSA) is 70.4 Å².